The molecule has 5 rings (SSSR count). The molecule has 0 spiro atoms. The Bertz CT molecular complexity index is 971. The Morgan fingerprint density at radius 1 is 0.970 bits per heavy atom. The number of hydrogen-bond acceptors (Lipinski definition) is 5. The van der Waals surface area contributed by atoms with Crippen molar-refractivity contribution in [3.8, 4) is 0 Å². The molecule has 1 aliphatic carbocycles. The van der Waals surface area contributed by atoms with Gasteiger partial charge < -0.3 is 14.4 Å². The van der Waals surface area contributed by atoms with Crippen LogP contribution in [0.1, 0.15) is 24.8 Å². The summed E-state index contributed by atoms with van der Waals surface area (Å²) in [5.74, 6) is -0.0567. The van der Waals surface area contributed by atoms with Gasteiger partial charge in [-0.15, -0.1) is 0 Å². The summed E-state index contributed by atoms with van der Waals surface area (Å²) in [7, 11) is 0. The minimum Gasteiger partial charge on any atom is -0.496 e. The topological polar surface area (TPSA) is 42.0 Å². The van der Waals surface area contributed by atoms with E-state index in [1.165, 1.54) is 12.1 Å². The second-order valence-electron chi connectivity index (χ2n) is 9.15. The van der Waals surface area contributed by atoms with Crippen LogP contribution < -0.4 is 4.90 Å². The summed E-state index contributed by atoms with van der Waals surface area (Å²) in [4.78, 5) is 17.7. The van der Waals surface area contributed by atoms with Gasteiger partial charge in [0.1, 0.15) is 11.9 Å². The fourth-order valence-corrected chi connectivity index (χ4v) is 5.17. The highest BCUT2D eigenvalue weighted by Crippen LogP contribution is 2.37. The molecule has 0 aromatic heterocycles. The summed E-state index contributed by atoms with van der Waals surface area (Å²) in [6, 6.07) is 16.5. The van der Waals surface area contributed by atoms with Crippen molar-refractivity contribution in [2.45, 2.75) is 31.5 Å². The Hall–Kier alpha value is -2.70. The van der Waals surface area contributed by atoms with Crippen molar-refractivity contribution in [2.24, 2.45) is 5.92 Å². The van der Waals surface area contributed by atoms with Crippen LogP contribution in [0.25, 0.3) is 5.57 Å². The molecule has 3 unspecified atom stereocenters. The fourth-order valence-electron chi connectivity index (χ4n) is 5.17. The van der Waals surface area contributed by atoms with E-state index in [-0.39, 0.29) is 29.7 Å². The van der Waals surface area contributed by atoms with Gasteiger partial charge in [0.05, 0.1) is 30.5 Å². The number of rotatable bonds is 6. The van der Waals surface area contributed by atoms with E-state index in [9.17, 15) is 9.18 Å². The molecule has 1 saturated heterocycles. The average molecular weight is 451 g/mol. The predicted molar refractivity (Wildman–Crippen MR) is 126 cm³/mol. The van der Waals surface area contributed by atoms with Crippen molar-refractivity contribution in [2.75, 3.05) is 44.2 Å². The highest BCUT2D eigenvalue weighted by molar-refractivity contribution is 6.22. The first-order chi connectivity index (χ1) is 16.2. The molecule has 2 heterocycles. The SMILES string of the molecule is O=C1C(c2ccccc2)=COC2CC(OCCN3CCN(c4ccc(F)cc4)CC3)CCC12. The first kappa shape index (κ1) is 22.1. The van der Waals surface area contributed by atoms with E-state index >= 15 is 0 Å². The Labute approximate surface area is 194 Å². The van der Waals surface area contributed by atoms with E-state index in [1.807, 2.05) is 42.5 Å². The molecule has 1 saturated carbocycles. The first-order valence-electron chi connectivity index (χ1n) is 12.0. The van der Waals surface area contributed by atoms with Crippen LogP contribution in [0.3, 0.4) is 0 Å². The van der Waals surface area contributed by atoms with Crippen molar-refractivity contribution >= 4 is 17.0 Å². The Morgan fingerprint density at radius 2 is 1.73 bits per heavy atom. The lowest BCUT2D eigenvalue weighted by Gasteiger charge is -2.38. The lowest BCUT2D eigenvalue weighted by Crippen LogP contribution is -2.47. The standard InChI is InChI=1S/C27H31FN2O3/c28-21-6-8-22(9-7-21)30-14-12-29(13-15-30)16-17-32-23-10-11-24-26(18-23)33-19-25(27(24)31)20-4-2-1-3-5-20/h1-9,19,23-24,26H,10-18H2. The van der Waals surface area contributed by atoms with Crippen LogP contribution >= 0.6 is 0 Å². The van der Waals surface area contributed by atoms with Crippen molar-refractivity contribution in [3.05, 3.63) is 72.2 Å². The Balaban J connectivity index is 1.06. The zero-order valence-corrected chi connectivity index (χ0v) is 18.9. The summed E-state index contributed by atoms with van der Waals surface area (Å²) in [5, 5.41) is 0. The maximum absolute atomic E-state index is 13.1. The van der Waals surface area contributed by atoms with Gasteiger partial charge >= 0.3 is 0 Å². The molecular formula is C27H31FN2O3. The third-order valence-corrected chi connectivity index (χ3v) is 7.12. The minimum atomic E-state index is -0.195. The Morgan fingerprint density at radius 3 is 2.48 bits per heavy atom. The second-order valence-corrected chi connectivity index (χ2v) is 9.15. The van der Waals surface area contributed by atoms with Crippen LogP contribution in [-0.4, -0.2) is 62.2 Å². The van der Waals surface area contributed by atoms with Gasteiger partial charge in [0.25, 0.3) is 0 Å². The quantitative estimate of drug-likeness (QED) is 0.662. The molecule has 3 atom stereocenters. The monoisotopic (exact) mass is 450 g/mol. The maximum atomic E-state index is 13.1. The highest BCUT2D eigenvalue weighted by Gasteiger charge is 2.40. The molecule has 0 bridgehead atoms. The van der Waals surface area contributed by atoms with Crippen molar-refractivity contribution in [1.29, 1.82) is 0 Å². The zero-order valence-electron chi connectivity index (χ0n) is 18.9. The molecular weight excluding hydrogens is 419 g/mol. The molecule has 6 heteroatoms. The smallest absolute Gasteiger partial charge is 0.173 e. The predicted octanol–water partition coefficient (Wildman–Crippen LogP) is 4.14. The number of hydrogen-bond donors (Lipinski definition) is 0. The van der Waals surface area contributed by atoms with Crippen LogP contribution in [0.15, 0.2) is 60.9 Å². The van der Waals surface area contributed by atoms with Crippen LogP contribution in [0.5, 0.6) is 0 Å². The van der Waals surface area contributed by atoms with Gasteiger partial charge in [-0.05, 0) is 42.7 Å². The van der Waals surface area contributed by atoms with Crippen LogP contribution in [0.4, 0.5) is 10.1 Å². The molecule has 0 radical (unpaired) electrons. The molecule has 174 valence electrons. The number of allylic oxidation sites excluding steroid dienone is 1. The third-order valence-electron chi connectivity index (χ3n) is 7.12. The second kappa shape index (κ2) is 10.1. The summed E-state index contributed by atoms with van der Waals surface area (Å²) in [6.07, 6.45) is 4.20. The molecule has 0 N–H and O–H groups in total. The van der Waals surface area contributed by atoms with Crippen LogP contribution in [0.2, 0.25) is 0 Å². The van der Waals surface area contributed by atoms with E-state index in [4.69, 9.17) is 9.47 Å². The van der Waals surface area contributed by atoms with E-state index in [2.05, 4.69) is 9.80 Å². The number of ketones is 1. The van der Waals surface area contributed by atoms with Crippen molar-refractivity contribution < 1.29 is 18.7 Å². The van der Waals surface area contributed by atoms with Crippen molar-refractivity contribution in [1.82, 2.24) is 4.90 Å². The number of piperazine rings is 1. The lowest BCUT2D eigenvalue weighted by atomic mass is 9.78. The summed E-state index contributed by atoms with van der Waals surface area (Å²) in [6.45, 7) is 5.41. The number of carbonyl (C=O) groups excluding carboxylic acids is 1. The summed E-state index contributed by atoms with van der Waals surface area (Å²) < 4.78 is 25.3. The number of halogens is 1. The normalized spacial score (nSPS) is 25.8. The van der Waals surface area contributed by atoms with E-state index in [0.29, 0.717) is 12.2 Å². The molecule has 2 aromatic rings. The van der Waals surface area contributed by atoms with Gasteiger partial charge in [-0.3, -0.25) is 9.69 Å². The van der Waals surface area contributed by atoms with Crippen LogP contribution in [-0.2, 0) is 14.3 Å². The first-order valence-corrected chi connectivity index (χ1v) is 12.0. The van der Waals surface area contributed by atoms with E-state index in [1.54, 1.807) is 6.26 Å². The molecule has 33 heavy (non-hydrogen) atoms. The van der Waals surface area contributed by atoms with Gasteiger partial charge in [0.2, 0.25) is 0 Å². The number of Topliss-reactive ketones (excluding diaryl/α,β-unsaturated/α-hetero) is 1. The molecule has 3 aliphatic rings. The van der Waals surface area contributed by atoms with Gasteiger partial charge in [0.15, 0.2) is 5.78 Å². The maximum Gasteiger partial charge on any atom is 0.173 e. The van der Waals surface area contributed by atoms with Gasteiger partial charge in [-0.1, -0.05) is 30.3 Å². The average Bonchev–Trinajstić information content (AvgIpc) is 2.86. The molecule has 2 fully saturated rings. The highest BCUT2D eigenvalue weighted by atomic mass is 19.1. The molecule has 2 aromatic carbocycles. The van der Waals surface area contributed by atoms with Gasteiger partial charge in [-0.2, -0.15) is 0 Å². The molecule has 0 amide bonds. The number of anilines is 1. The number of nitrogens with zero attached hydrogens (tertiary/aromatic N) is 2. The van der Waals surface area contributed by atoms with Gasteiger partial charge in [0, 0.05) is 44.8 Å². The van der Waals surface area contributed by atoms with Crippen LogP contribution in [0, 0.1) is 11.7 Å². The third kappa shape index (κ3) is 5.12. The molecule has 5 nitrogen and oxygen atoms in total. The van der Waals surface area contributed by atoms with E-state index < -0.39 is 0 Å². The minimum absolute atomic E-state index is 0.0652. The van der Waals surface area contributed by atoms with E-state index in [0.717, 1.165) is 63.2 Å². The Kier molecular flexibility index (Phi) is 6.74. The number of fused-ring (bicyclic) bond motifs is 1. The lowest BCUT2D eigenvalue weighted by molar-refractivity contribution is -0.128. The summed E-state index contributed by atoms with van der Waals surface area (Å²) >= 11 is 0. The van der Waals surface area contributed by atoms with Crippen molar-refractivity contribution in [3.63, 3.8) is 0 Å². The fraction of sp³-hybridized carbons (Fsp3) is 0.444. The number of benzene rings is 2. The number of carbonyl (C=O) groups is 1. The summed E-state index contributed by atoms with van der Waals surface area (Å²) in [5.41, 5.74) is 2.70. The molecule has 2 aliphatic heterocycles. The largest absolute Gasteiger partial charge is 0.496 e. The number of ether oxygens (including phenoxy) is 2. The zero-order chi connectivity index (χ0) is 22.6. The van der Waals surface area contributed by atoms with Gasteiger partial charge in [-0.25, -0.2) is 4.39 Å².